The minimum absolute atomic E-state index is 0.357. The molecule has 4 rings (SSSR count). The van der Waals surface area contributed by atoms with Crippen LogP contribution in [0.1, 0.15) is 19.1 Å². The minimum Gasteiger partial charge on any atom is -0.394 e. The first-order valence-corrected chi connectivity index (χ1v) is 8.98. The lowest BCUT2D eigenvalue weighted by Gasteiger charge is -2.20. The molecule has 0 spiro atoms. The van der Waals surface area contributed by atoms with E-state index in [2.05, 4.69) is 10.3 Å². The van der Waals surface area contributed by atoms with Crippen molar-refractivity contribution in [3.8, 4) is 0 Å². The SMILES string of the molecule is OC[C@@H]1O[C@H](n2c(NCC3CC3)nc3cc(Cl)c(Cl)cc32)[C@@H](O)[C@H]1O. The van der Waals surface area contributed by atoms with Crippen molar-refractivity contribution in [2.45, 2.75) is 37.4 Å². The second-order valence-electron chi connectivity index (χ2n) is 6.61. The van der Waals surface area contributed by atoms with Crippen molar-refractivity contribution < 1.29 is 20.1 Å². The number of aromatic nitrogens is 2. The number of aliphatic hydroxyl groups excluding tert-OH is 3. The summed E-state index contributed by atoms with van der Waals surface area (Å²) in [6.07, 6.45) is -1.79. The van der Waals surface area contributed by atoms with Gasteiger partial charge in [0.2, 0.25) is 5.95 Å². The van der Waals surface area contributed by atoms with Gasteiger partial charge in [0, 0.05) is 6.54 Å². The molecule has 1 aromatic heterocycles. The largest absolute Gasteiger partial charge is 0.394 e. The highest BCUT2D eigenvalue weighted by Gasteiger charge is 2.44. The van der Waals surface area contributed by atoms with E-state index in [1.807, 2.05) is 0 Å². The van der Waals surface area contributed by atoms with Gasteiger partial charge in [-0.05, 0) is 30.9 Å². The van der Waals surface area contributed by atoms with Gasteiger partial charge in [0.05, 0.1) is 27.7 Å². The highest BCUT2D eigenvalue weighted by Crippen LogP contribution is 2.38. The molecule has 9 heteroatoms. The van der Waals surface area contributed by atoms with Crippen molar-refractivity contribution in [1.82, 2.24) is 9.55 Å². The predicted molar refractivity (Wildman–Crippen MR) is 94.0 cm³/mol. The number of anilines is 1. The molecule has 0 radical (unpaired) electrons. The maximum Gasteiger partial charge on any atom is 0.206 e. The summed E-state index contributed by atoms with van der Waals surface area (Å²) in [5, 5.41) is 33.8. The average molecular weight is 388 g/mol. The summed E-state index contributed by atoms with van der Waals surface area (Å²) < 4.78 is 7.35. The van der Waals surface area contributed by atoms with Gasteiger partial charge in [0.15, 0.2) is 6.23 Å². The van der Waals surface area contributed by atoms with E-state index in [1.165, 1.54) is 12.8 Å². The Morgan fingerprint density at radius 1 is 1.20 bits per heavy atom. The molecular weight excluding hydrogens is 369 g/mol. The van der Waals surface area contributed by atoms with E-state index in [-0.39, 0.29) is 0 Å². The number of hydrogen-bond acceptors (Lipinski definition) is 6. The fourth-order valence-electron chi connectivity index (χ4n) is 3.12. The first kappa shape index (κ1) is 17.3. The van der Waals surface area contributed by atoms with E-state index in [4.69, 9.17) is 27.9 Å². The highest BCUT2D eigenvalue weighted by atomic mass is 35.5. The third kappa shape index (κ3) is 3.09. The number of benzene rings is 1. The van der Waals surface area contributed by atoms with Crippen molar-refractivity contribution >= 4 is 40.2 Å². The third-order valence-electron chi connectivity index (χ3n) is 4.75. The standard InChI is InChI=1S/C16H19Cl2N3O4/c17-8-3-10-11(4-9(8)18)21(16(20-10)19-5-7-1-2-7)15-14(24)13(23)12(6-22)25-15/h3-4,7,12-15,22-24H,1-2,5-6H2,(H,19,20)/t12-,13-,14-,15-/m0/s1. The first-order chi connectivity index (χ1) is 12.0. The highest BCUT2D eigenvalue weighted by molar-refractivity contribution is 6.42. The van der Waals surface area contributed by atoms with Crippen LogP contribution in [-0.2, 0) is 4.74 Å². The van der Waals surface area contributed by atoms with Gasteiger partial charge < -0.3 is 25.4 Å². The summed E-state index contributed by atoms with van der Waals surface area (Å²) >= 11 is 12.2. The van der Waals surface area contributed by atoms with Crippen LogP contribution in [0.3, 0.4) is 0 Å². The topological polar surface area (TPSA) is 99.8 Å². The van der Waals surface area contributed by atoms with Crippen LogP contribution in [0.2, 0.25) is 10.0 Å². The number of nitrogens with one attached hydrogen (secondary N) is 1. The Balaban J connectivity index is 1.78. The van der Waals surface area contributed by atoms with Crippen molar-refractivity contribution in [2.75, 3.05) is 18.5 Å². The normalized spacial score (nSPS) is 29.5. The van der Waals surface area contributed by atoms with Gasteiger partial charge in [-0.25, -0.2) is 4.98 Å². The van der Waals surface area contributed by atoms with Crippen LogP contribution in [0.4, 0.5) is 5.95 Å². The van der Waals surface area contributed by atoms with Crippen molar-refractivity contribution in [3.63, 3.8) is 0 Å². The summed E-state index contributed by atoms with van der Waals surface area (Å²) in [4.78, 5) is 4.54. The molecule has 1 saturated carbocycles. The summed E-state index contributed by atoms with van der Waals surface area (Å²) in [7, 11) is 0. The van der Waals surface area contributed by atoms with Crippen molar-refractivity contribution in [3.05, 3.63) is 22.2 Å². The van der Waals surface area contributed by atoms with Gasteiger partial charge in [0.25, 0.3) is 0 Å². The molecule has 0 amide bonds. The predicted octanol–water partition coefficient (Wildman–Crippen LogP) is 1.78. The average Bonchev–Trinajstić information content (AvgIpc) is 3.30. The van der Waals surface area contributed by atoms with Crippen LogP contribution in [0.25, 0.3) is 11.0 Å². The van der Waals surface area contributed by atoms with Crippen LogP contribution in [0.15, 0.2) is 12.1 Å². The fraction of sp³-hybridized carbons (Fsp3) is 0.562. The zero-order valence-corrected chi connectivity index (χ0v) is 14.8. The molecule has 1 aliphatic carbocycles. The van der Waals surface area contributed by atoms with E-state index in [1.54, 1.807) is 16.7 Å². The molecule has 4 atom stereocenters. The molecule has 0 unspecified atom stereocenters. The molecule has 1 aromatic carbocycles. The van der Waals surface area contributed by atoms with Gasteiger partial charge in [-0.2, -0.15) is 0 Å². The van der Waals surface area contributed by atoms with Gasteiger partial charge >= 0.3 is 0 Å². The van der Waals surface area contributed by atoms with Gasteiger partial charge in [-0.1, -0.05) is 23.2 Å². The molecule has 2 fully saturated rings. The molecule has 0 bridgehead atoms. The molecule has 25 heavy (non-hydrogen) atoms. The van der Waals surface area contributed by atoms with Crippen LogP contribution in [0, 0.1) is 5.92 Å². The van der Waals surface area contributed by atoms with Gasteiger partial charge in [-0.3, -0.25) is 4.57 Å². The third-order valence-corrected chi connectivity index (χ3v) is 5.47. The number of imidazole rings is 1. The number of fused-ring (bicyclic) bond motifs is 1. The molecule has 1 saturated heterocycles. The minimum atomic E-state index is -1.20. The van der Waals surface area contributed by atoms with Crippen LogP contribution in [0.5, 0.6) is 0 Å². The maximum absolute atomic E-state index is 10.4. The molecule has 136 valence electrons. The Bertz CT molecular complexity index is 795. The summed E-state index contributed by atoms with van der Waals surface area (Å²) in [5.74, 6) is 1.13. The number of aliphatic hydroxyl groups is 3. The molecule has 1 aliphatic heterocycles. The van der Waals surface area contributed by atoms with Gasteiger partial charge in [0.1, 0.15) is 18.3 Å². The molecule has 4 N–H and O–H groups in total. The van der Waals surface area contributed by atoms with Crippen molar-refractivity contribution in [1.29, 1.82) is 0 Å². The number of ether oxygens (including phenoxy) is 1. The summed E-state index contributed by atoms with van der Waals surface area (Å²) in [6.45, 7) is 0.373. The number of hydrogen-bond donors (Lipinski definition) is 4. The number of rotatable bonds is 5. The smallest absolute Gasteiger partial charge is 0.206 e. The van der Waals surface area contributed by atoms with E-state index in [9.17, 15) is 15.3 Å². The Morgan fingerprint density at radius 2 is 1.92 bits per heavy atom. The molecular formula is C16H19Cl2N3O4. The van der Waals surface area contributed by atoms with Crippen LogP contribution >= 0.6 is 23.2 Å². The lowest BCUT2D eigenvalue weighted by molar-refractivity contribution is -0.0499. The monoisotopic (exact) mass is 387 g/mol. The van der Waals surface area contributed by atoms with Crippen LogP contribution in [-0.4, -0.2) is 56.3 Å². The zero-order chi connectivity index (χ0) is 17.7. The van der Waals surface area contributed by atoms with Gasteiger partial charge in [-0.15, -0.1) is 0 Å². The first-order valence-electron chi connectivity index (χ1n) is 8.23. The molecule has 2 aromatic rings. The maximum atomic E-state index is 10.4. The lowest BCUT2D eigenvalue weighted by Crippen LogP contribution is -2.33. The quantitative estimate of drug-likeness (QED) is 0.623. The second-order valence-corrected chi connectivity index (χ2v) is 7.43. The second kappa shape index (κ2) is 6.57. The Morgan fingerprint density at radius 3 is 2.56 bits per heavy atom. The van der Waals surface area contributed by atoms with E-state index < -0.39 is 31.1 Å². The Labute approximate surface area is 154 Å². The number of halogens is 2. The molecule has 7 nitrogen and oxygen atoms in total. The summed E-state index contributed by atoms with van der Waals surface area (Å²) in [5.41, 5.74) is 1.23. The van der Waals surface area contributed by atoms with E-state index in [0.717, 1.165) is 6.54 Å². The summed E-state index contributed by atoms with van der Waals surface area (Å²) in [6, 6.07) is 3.31. The molecule has 2 heterocycles. The van der Waals surface area contributed by atoms with Crippen LogP contribution < -0.4 is 5.32 Å². The van der Waals surface area contributed by atoms with E-state index >= 15 is 0 Å². The van der Waals surface area contributed by atoms with Crippen molar-refractivity contribution in [2.24, 2.45) is 5.92 Å². The Hall–Kier alpha value is -1.09. The van der Waals surface area contributed by atoms with E-state index in [0.29, 0.717) is 32.9 Å². The Kier molecular flexibility index (Phi) is 4.56. The zero-order valence-electron chi connectivity index (χ0n) is 13.3. The molecule has 2 aliphatic rings. The lowest BCUT2D eigenvalue weighted by atomic mass is 10.1. The number of nitrogens with zero attached hydrogens (tertiary/aromatic N) is 2. The fourth-order valence-corrected chi connectivity index (χ4v) is 3.44.